The second kappa shape index (κ2) is 7.40. The number of carboxylic acid groups (broad SMARTS) is 1. The average Bonchev–Trinajstić information content (AvgIpc) is 2.52. The van der Waals surface area contributed by atoms with Crippen molar-refractivity contribution >= 4 is 12.0 Å². The van der Waals surface area contributed by atoms with E-state index in [9.17, 15) is 22.8 Å². The molecule has 0 spiro atoms. The number of likely N-dealkylation sites (tertiary alicyclic amines) is 1. The second-order valence-corrected chi connectivity index (χ2v) is 6.54. The van der Waals surface area contributed by atoms with Crippen LogP contribution in [0.25, 0.3) is 0 Å². The summed E-state index contributed by atoms with van der Waals surface area (Å²) in [7, 11) is 0. The van der Waals surface area contributed by atoms with E-state index < -0.39 is 18.1 Å². The van der Waals surface area contributed by atoms with E-state index in [4.69, 9.17) is 5.11 Å². The molecule has 2 fully saturated rings. The Labute approximate surface area is 133 Å². The van der Waals surface area contributed by atoms with Gasteiger partial charge in [0.25, 0.3) is 0 Å². The standard InChI is InChI=1S/C15H23F3N2O3/c16-15(17,18)12-5-7-20(8-6-12)14(23)19-9-10-1-3-11(4-2-10)13(21)22/h10-12H,1-9H2,(H,19,23)(H,21,22). The summed E-state index contributed by atoms with van der Waals surface area (Å²) in [5.41, 5.74) is 0. The SMILES string of the molecule is O=C(O)C1CCC(CNC(=O)N2CCC(C(F)(F)F)CC2)CC1. The molecule has 0 unspecified atom stereocenters. The molecule has 0 aromatic rings. The van der Waals surface area contributed by atoms with Crippen molar-refractivity contribution in [2.75, 3.05) is 19.6 Å². The van der Waals surface area contributed by atoms with E-state index in [2.05, 4.69) is 5.32 Å². The predicted octanol–water partition coefficient (Wildman–Crippen LogP) is 2.86. The molecule has 1 saturated carbocycles. The molecule has 0 atom stereocenters. The lowest BCUT2D eigenvalue weighted by Crippen LogP contribution is -2.47. The molecule has 23 heavy (non-hydrogen) atoms. The Morgan fingerprint density at radius 2 is 1.61 bits per heavy atom. The lowest BCUT2D eigenvalue weighted by molar-refractivity contribution is -0.183. The molecule has 2 rings (SSSR count). The van der Waals surface area contributed by atoms with Gasteiger partial charge < -0.3 is 15.3 Å². The van der Waals surface area contributed by atoms with Gasteiger partial charge in [-0.15, -0.1) is 0 Å². The number of carbonyl (C=O) groups excluding carboxylic acids is 1. The van der Waals surface area contributed by atoms with Crippen molar-refractivity contribution in [1.29, 1.82) is 0 Å². The fourth-order valence-corrected chi connectivity index (χ4v) is 3.37. The minimum atomic E-state index is -4.18. The van der Waals surface area contributed by atoms with Crippen molar-refractivity contribution in [2.24, 2.45) is 17.8 Å². The zero-order valence-electron chi connectivity index (χ0n) is 12.9. The van der Waals surface area contributed by atoms with Crippen molar-refractivity contribution in [3.8, 4) is 0 Å². The normalized spacial score (nSPS) is 26.8. The number of aliphatic carboxylic acids is 1. The fourth-order valence-electron chi connectivity index (χ4n) is 3.37. The molecule has 1 aliphatic carbocycles. The van der Waals surface area contributed by atoms with Crippen LogP contribution in [0.1, 0.15) is 38.5 Å². The summed E-state index contributed by atoms with van der Waals surface area (Å²) < 4.78 is 37.8. The van der Waals surface area contributed by atoms with Crippen LogP contribution in [0.2, 0.25) is 0 Å². The number of carbonyl (C=O) groups is 2. The van der Waals surface area contributed by atoms with Gasteiger partial charge in [0.05, 0.1) is 11.8 Å². The Morgan fingerprint density at radius 1 is 1.04 bits per heavy atom. The number of nitrogens with one attached hydrogen (secondary N) is 1. The Hall–Kier alpha value is -1.47. The van der Waals surface area contributed by atoms with Crippen LogP contribution in [0, 0.1) is 17.8 Å². The molecule has 2 N–H and O–H groups in total. The first-order valence-electron chi connectivity index (χ1n) is 8.09. The first kappa shape index (κ1) is 17.9. The highest BCUT2D eigenvalue weighted by Crippen LogP contribution is 2.34. The Balaban J connectivity index is 1.67. The number of piperidine rings is 1. The summed E-state index contributed by atoms with van der Waals surface area (Å²) in [6.45, 7) is 0.716. The first-order valence-corrected chi connectivity index (χ1v) is 8.09. The molecule has 8 heteroatoms. The second-order valence-electron chi connectivity index (χ2n) is 6.54. The fraction of sp³-hybridized carbons (Fsp3) is 0.867. The Bertz CT molecular complexity index is 426. The van der Waals surface area contributed by atoms with Crippen LogP contribution >= 0.6 is 0 Å². The molecule has 132 valence electrons. The summed E-state index contributed by atoms with van der Waals surface area (Å²) in [5.74, 6) is -2.11. The molecule has 5 nitrogen and oxygen atoms in total. The quantitative estimate of drug-likeness (QED) is 0.833. The highest BCUT2D eigenvalue weighted by Gasteiger charge is 2.41. The summed E-state index contributed by atoms with van der Waals surface area (Å²) in [6, 6.07) is -0.314. The van der Waals surface area contributed by atoms with Crippen LogP contribution < -0.4 is 5.32 Å². The van der Waals surface area contributed by atoms with Gasteiger partial charge in [-0.1, -0.05) is 0 Å². The van der Waals surface area contributed by atoms with E-state index in [0.717, 1.165) is 12.8 Å². The van der Waals surface area contributed by atoms with E-state index in [1.807, 2.05) is 0 Å². The van der Waals surface area contributed by atoms with Crippen LogP contribution in [0.3, 0.4) is 0 Å². The highest BCUT2D eigenvalue weighted by atomic mass is 19.4. The minimum Gasteiger partial charge on any atom is -0.481 e. The number of carboxylic acids is 1. The van der Waals surface area contributed by atoms with Crippen LogP contribution in [0.15, 0.2) is 0 Å². The number of amides is 2. The predicted molar refractivity (Wildman–Crippen MR) is 76.8 cm³/mol. The van der Waals surface area contributed by atoms with Crippen molar-refractivity contribution < 1.29 is 27.9 Å². The summed E-state index contributed by atoms with van der Waals surface area (Å²) in [4.78, 5) is 24.3. The molecule has 2 amide bonds. The maximum atomic E-state index is 12.6. The first-order chi connectivity index (χ1) is 10.8. The maximum absolute atomic E-state index is 12.6. The van der Waals surface area contributed by atoms with Crippen molar-refractivity contribution in [1.82, 2.24) is 10.2 Å². The largest absolute Gasteiger partial charge is 0.481 e. The van der Waals surface area contributed by atoms with Gasteiger partial charge in [-0.05, 0) is 44.4 Å². The van der Waals surface area contributed by atoms with Gasteiger partial charge in [-0.2, -0.15) is 13.2 Å². The van der Waals surface area contributed by atoms with Gasteiger partial charge in [-0.3, -0.25) is 4.79 Å². The number of hydrogen-bond donors (Lipinski definition) is 2. The number of urea groups is 1. The lowest BCUT2D eigenvalue weighted by atomic mass is 9.82. The summed E-state index contributed by atoms with van der Waals surface area (Å²) in [6.07, 6.45) is -1.51. The smallest absolute Gasteiger partial charge is 0.391 e. The zero-order valence-corrected chi connectivity index (χ0v) is 12.9. The molecule has 0 bridgehead atoms. The number of halogens is 3. The van der Waals surface area contributed by atoms with Crippen LogP contribution in [-0.4, -0.2) is 47.8 Å². The van der Waals surface area contributed by atoms with E-state index in [0.29, 0.717) is 19.4 Å². The topological polar surface area (TPSA) is 69.6 Å². The van der Waals surface area contributed by atoms with Crippen molar-refractivity contribution in [2.45, 2.75) is 44.7 Å². The van der Waals surface area contributed by atoms with Gasteiger partial charge in [-0.25, -0.2) is 4.79 Å². The molecule has 1 heterocycles. The van der Waals surface area contributed by atoms with Crippen molar-refractivity contribution in [3.63, 3.8) is 0 Å². The number of hydrogen-bond acceptors (Lipinski definition) is 2. The Kier molecular flexibility index (Phi) is 5.75. The molecule has 0 aromatic carbocycles. The van der Waals surface area contributed by atoms with Crippen LogP contribution in [0.5, 0.6) is 0 Å². The summed E-state index contributed by atoms with van der Waals surface area (Å²) in [5, 5.41) is 11.7. The molecule has 0 aromatic heterocycles. The third kappa shape index (κ3) is 5.00. The maximum Gasteiger partial charge on any atom is 0.391 e. The van der Waals surface area contributed by atoms with Gasteiger partial charge in [0.15, 0.2) is 0 Å². The molecule has 1 saturated heterocycles. The third-order valence-corrected chi connectivity index (χ3v) is 4.98. The van der Waals surface area contributed by atoms with Gasteiger partial charge in [0, 0.05) is 19.6 Å². The molecule has 2 aliphatic rings. The van der Waals surface area contributed by atoms with Gasteiger partial charge in [0.1, 0.15) is 0 Å². The van der Waals surface area contributed by atoms with E-state index in [1.54, 1.807) is 0 Å². The minimum absolute atomic E-state index is 0.0410. The monoisotopic (exact) mass is 336 g/mol. The molecule has 1 aliphatic heterocycles. The van der Waals surface area contributed by atoms with Crippen molar-refractivity contribution in [3.05, 3.63) is 0 Å². The van der Waals surface area contributed by atoms with Gasteiger partial charge >= 0.3 is 18.2 Å². The Morgan fingerprint density at radius 3 is 2.09 bits per heavy atom. The molecular formula is C15H23F3N2O3. The average molecular weight is 336 g/mol. The summed E-state index contributed by atoms with van der Waals surface area (Å²) >= 11 is 0. The van der Waals surface area contributed by atoms with E-state index in [1.165, 1.54) is 4.90 Å². The van der Waals surface area contributed by atoms with E-state index in [-0.39, 0.29) is 43.8 Å². The molecule has 0 radical (unpaired) electrons. The van der Waals surface area contributed by atoms with Crippen LogP contribution in [-0.2, 0) is 4.79 Å². The van der Waals surface area contributed by atoms with Crippen LogP contribution in [0.4, 0.5) is 18.0 Å². The van der Waals surface area contributed by atoms with E-state index >= 15 is 0 Å². The number of rotatable bonds is 3. The number of nitrogens with zero attached hydrogens (tertiary/aromatic N) is 1. The highest BCUT2D eigenvalue weighted by molar-refractivity contribution is 5.74. The number of alkyl halides is 3. The zero-order chi connectivity index (χ0) is 17.0. The third-order valence-electron chi connectivity index (χ3n) is 4.98. The molecular weight excluding hydrogens is 313 g/mol. The van der Waals surface area contributed by atoms with Gasteiger partial charge in [0.2, 0.25) is 0 Å². The lowest BCUT2D eigenvalue weighted by Gasteiger charge is -2.33.